The Kier molecular flexibility index (Phi) is 4.44. The summed E-state index contributed by atoms with van der Waals surface area (Å²) in [5.41, 5.74) is 5.52. The molecule has 0 fully saturated rings. The van der Waals surface area contributed by atoms with Gasteiger partial charge in [-0.15, -0.1) is 0 Å². The molecule has 0 saturated carbocycles. The van der Waals surface area contributed by atoms with E-state index < -0.39 is 0 Å². The van der Waals surface area contributed by atoms with Crippen LogP contribution in [0.5, 0.6) is 0 Å². The summed E-state index contributed by atoms with van der Waals surface area (Å²) >= 11 is 0. The van der Waals surface area contributed by atoms with Crippen molar-refractivity contribution in [3.63, 3.8) is 0 Å². The lowest BCUT2D eigenvalue weighted by molar-refractivity contribution is 0.0810. The van der Waals surface area contributed by atoms with Crippen LogP contribution in [0.1, 0.15) is 26.6 Å². The molecule has 5 nitrogen and oxygen atoms in total. The van der Waals surface area contributed by atoms with Gasteiger partial charge in [-0.1, -0.05) is 13.8 Å². The van der Waals surface area contributed by atoms with Gasteiger partial charge in [-0.05, 0) is 12.8 Å². The van der Waals surface area contributed by atoms with Crippen LogP contribution in [-0.4, -0.2) is 33.0 Å². The van der Waals surface area contributed by atoms with Gasteiger partial charge in [0, 0.05) is 24.9 Å². The summed E-state index contributed by atoms with van der Waals surface area (Å²) in [4.78, 5) is 4.24. The Morgan fingerprint density at radius 1 is 1.56 bits per heavy atom. The maximum Gasteiger partial charge on any atom is 0.138 e. The minimum Gasteiger partial charge on any atom is -0.396 e. The molecule has 0 aliphatic rings. The van der Waals surface area contributed by atoms with Crippen LogP contribution in [-0.2, 0) is 13.0 Å². The number of nitrogens with zero attached hydrogens (tertiary/aromatic N) is 3. The Morgan fingerprint density at radius 3 is 2.69 bits per heavy atom. The molecule has 5 heteroatoms. The fourth-order valence-corrected chi connectivity index (χ4v) is 1.82. The third kappa shape index (κ3) is 2.41. The third-order valence-electron chi connectivity index (χ3n) is 3.45. The van der Waals surface area contributed by atoms with Gasteiger partial charge < -0.3 is 10.8 Å². The molecule has 0 saturated heterocycles. The van der Waals surface area contributed by atoms with Gasteiger partial charge in [0.25, 0.3) is 0 Å². The van der Waals surface area contributed by atoms with E-state index in [0.29, 0.717) is 18.9 Å². The third-order valence-corrected chi connectivity index (χ3v) is 3.45. The molecule has 0 bridgehead atoms. The first-order chi connectivity index (χ1) is 7.59. The highest BCUT2D eigenvalue weighted by molar-refractivity contribution is 4.96. The largest absolute Gasteiger partial charge is 0.396 e. The first-order valence-corrected chi connectivity index (χ1v) is 5.77. The first-order valence-electron chi connectivity index (χ1n) is 5.77. The number of aliphatic hydroxyl groups is 1. The maximum atomic E-state index is 9.57. The number of rotatable bonds is 6. The van der Waals surface area contributed by atoms with Crippen molar-refractivity contribution in [1.82, 2.24) is 14.8 Å². The Morgan fingerprint density at radius 2 is 2.25 bits per heavy atom. The van der Waals surface area contributed by atoms with Crippen molar-refractivity contribution < 1.29 is 5.11 Å². The molecule has 0 aliphatic heterocycles. The average molecular weight is 226 g/mol. The summed E-state index contributed by atoms with van der Waals surface area (Å²) in [6.45, 7) is 7.51. The van der Waals surface area contributed by atoms with Crippen LogP contribution in [0.25, 0.3) is 0 Å². The molecule has 0 aliphatic carbocycles. The Balaban J connectivity index is 2.91. The molecule has 0 radical (unpaired) electrons. The lowest BCUT2D eigenvalue weighted by Crippen LogP contribution is -2.41. The van der Waals surface area contributed by atoms with Crippen molar-refractivity contribution in [2.75, 3.05) is 13.2 Å². The molecule has 92 valence electrons. The maximum absolute atomic E-state index is 9.57. The highest BCUT2D eigenvalue weighted by Gasteiger charge is 2.33. The number of aromatic nitrogens is 3. The van der Waals surface area contributed by atoms with Crippen molar-refractivity contribution in [1.29, 1.82) is 0 Å². The second kappa shape index (κ2) is 5.41. The normalized spacial score (nSPS) is 15.4. The standard InChI is InChI=1S/C11H22N4O/c1-4-15-10(13-8-14-15)5-11(6-12,7-16)9(2)3/h8-9,16H,4-7,12H2,1-3H3. The molecule has 0 spiro atoms. The highest BCUT2D eigenvalue weighted by Crippen LogP contribution is 2.29. The van der Waals surface area contributed by atoms with E-state index in [9.17, 15) is 5.11 Å². The molecule has 1 rings (SSSR count). The number of aryl methyl sites for hydroxylation is 1. The molecule has 1 heterocycles. The van der Waals surface area contributed by atoms with Gasteiger partial charge in [0.1, 0.15) is 12.2 Å². The van der Waals surface area contributed by atoms with E-state index in [1.54, 1.807) is 6.33 Å². The lowest BCUT2D eigenvalue weighted by atomic mass is 9.75. The van der Waals surface area contributed by atoms with E-state index in [0.717, 1.165) is 12.4 Å². The highest BCUT2D eigenvalue weighted by atomic mass is 16.3. The van der Waals surface area contributed by atoms with Crippen molar-refractivity contribution in [2.45, 2.75) is 33.7 Å². The fraction of sp³-hybridized carbons (Fsp3) is 0.818. The molecule has 0 aromatic carbocycles. The predicted molar refractivity (Wildman–Crippen MR) is 62.8 cm³/mol. The van der Waals surface area contributed by atoms with Crippen LogP contribution in [0.4, 0.5) is 0 Å². The summed E-state index contributed by atoms with van der Waals surface area (Å²) in [6.07, 6.45) is 2.23. The van der Waals surface area contributed by atoms with Crippen molar-refractivity contribution in [3.8, 4) is 0 Å². The fourth-order valence-electron chi connectivity index (χ4n) is 1.82. The second-order valence-corrected chi connectivity index (χ2v) is 4.55. The number of hydrogen-bond donors (Lipinski definition) is 2. The number of hydrogen-bond acceptors (Lipinski definition) is 4. The minimum absolute atomic E-state index is 0.0811. The minimum atomic E-state index is -0.292. The van der Waals surface area contributed by atoms with Crippen LogP contribution in [0.2, 0.25) is 0 Å². The first kappa shape index (κ1) is 13.1. The van der Waals surface area contributed by atoms with Gasteiger partial charge in [-0.3, -0.25) is 4.68 Å². The Hall–Kier alpha value is -0.940. The molecule has 3 N–H and O–H groups in total. The van der Waals surface area contributed by atoms with Crippen LogP contribution in [0, 0.1) is 11.3 Å². The molecule has 1 unspecified atom stereocenters. The molecule has 16 heavy (non-hydrogen) atoms. The predicted octanol–water partition coefficient (Wildman–Crippen LogP) is 0.434. The average Bonchev–Trinajstić information content (AvgIpc) is 2.72. The van der Waals surface area contributed by atoms with Crippen molar-refractivity contribution in [3.05, 3.63) is 12.2 Å². The van der Waals surface area contributed by atoms with E-state index in [1.165, 1.54) is 0 Å². The summed E-state index contributed by atoms with van der Waals surface area (Å²) in [6, 6.07) is 0. The lowest BCUT2D eigenvalue weighted by Gasteiger charge is -2.34. The van der Waals surface area contributed by atoms with E-state index in [2.05, 4.69) is 23.9 Å². The van der Waals surface area contributed by atoms with Gasteiger partial charge in [0.05, 0.1) is 6.61 Å². The molecule has 1 atom stereocenters. The monoisotopic (exact) mass is 226 g/mol. The molecular weight excluding hydrogens is 204 g/mol. The Bertz CT molecular complexity index is 318. The summed E-state index contributed by atoms with van der Waals surface area (Å²) in [5.74, 6) is 1.21. The summed E-state index contributed by atoms with van der Waals surface area (Å²) in [5, 5.41) is 13.7. The zero-order chi connectivity index (χ0) is 12.2. The van der Waals surface area contributed by atoms with Gasteiger partial charge in [-0.2, -0.15) is 5.10 Å². The van der Waals surface area contributed by atoms with Crippen LogP contribution < -0.4 is 5.73 Å². The van der Waals surface area contributed by atoms with Gasteiger partial charge >= 0.3 is 0 Å². The second-order valence-electron chi connectivity index (χ2n) is 4.55. The topological polar surface area (TPSA) is 77.0 Å². The van der Waals surface area contributed by atoms with Crippen LogP contribution in [0.15, 0.2) is 6.33 Å². The summed E-state index contributed by atoms with van der Waals surface area (Å²) < 4.78 is 1.85. The van der Waals surface area contributed by atoms with Gasteiger partial charge in [0.15, 0.2) is 0 Å². The zero-order valence-electron chi connectivity index (χ0n) is 10.3. The molecule has 1 aromatic heterocycles. The van der Waals surface area contributed by atoms with E-state index in [-0.39, 0.29) is 12.0 Å². The van der Waals surface area contributed by atoms with Gasteiger partial charge in [0.2, 0.25) is 0 Å². The number of nitrogens with two attached hydrogens (primary N) is 1. The van der Waals surface area contributed by atoms with Crippen molar-refractivity contribution >= 4 is 0 Å². The van der Waals surface area contributed by atoms with E-state index in [4.69, 9.17) is 5.73 Å². The van der Waals surface area contributed by atoms with E-state index in [1.807, 2.05) is 11.6 Å². The quantitative estimate of drug-likeness (QED) is 0.737. The van der Waals surface area contributed by atoms with Crippen LogP contribution in [0.3, 0.4) is 0 Å². The summed E-state index contributed by atoms with van der Waals surface area (Å²) in [7, 11) is 0. The van der Waals surface area contributed by atoms with E-state index >= 15 is 0 Å². The van der Waals surface area contributed by atoms with Crippen molar-refractivity contribution in [2.24, 2.45) is 17.1 Å². The Labute approximate surface area is 96.7 Å². The molecule has 1 aromatic rings. The molecule has 0 amide bonds. The van der Waals surface area contributed by atoms with Crippen LogP contribution >= 0.6 is 0 Å². The molecular formula is C11H22N4O. The number of aliphatic hydroxyl groups excluding tert-OH is 1. The van der Waals surface area contributed by atoms with Gasteiger partial charge in [-0.25, -0.2) is 4.98 Å². The smallest absolute Gasteiger partial charge is 0.138 e. The zero-order valence-corrected chi connectivity index (χ0v) is 10.3. The SMILES string of the molecule is CCn1ncnc1CC(CN)(CO)C(C)C.